The van der Waals surface area contributed by atoms with Crippen LogP contribution in [0.2, 0.25) is 0 Å². The molecule has 2 amide bonds. The van der Waals surface area contributed by atoms with Crippen LogP contribution in [-0.2, 0) is 13.6 Å². The van der Waals surface area contributed by atoms with E-state index in [0.717, 1.165) is 16.9 Å². The van der Waals surface area contributed by atoms with E-state index in [2.05, 4.69) is 15.3 Å². The maximum absolute atomic E-state index is 12.4. The summed E-state index contributed by atoms with van der Waals surface area (Å²) in [6.45, 7) is 1.03. The second-order valence-corrected chi connectivity index (χ2v) is 6.32. The Morgan fingerprint density at radius 2 is 2.12 bits per heavy atom. The molecule has 0 saturated heterocycles. The van der Waals surface area contributed by atoms with Gasteiger partial charge in [-0.25, -0.2) is 4.79 Å². The summed E-state index contributed by atoms with van der Waals surface area (Å²) in [6, 6.07) is 7.86. The Balaban J connectivity index is 1.96. The van der Waals surface area contributed by atoms with Gasteiger partial charge >= 0.3 is 6.03 Å². The zero-order valence-electron chi connectivity index (χ0n) is 15.6. The molecule has 1 heterocycles. The molecule has 25 heavy (non-hydrogen) atoms. The summed E-state index contributed by atoms with van der Waals surface area (Å²) in [5.41, 5.74) is 2.09. The van der Waals surface area contributed by atoms with Gasteiger partial charge in [0.1, 0.15) is 5.75 Å². The number of urea groups is 1. The molecule has 2 aromatic rings. The summed E-state index contributed by atoms with van der Waals surface area (Å²) < 4.78 is 7.02. The van der Waals surface area contributed by atoms with E-state index in [-0.39, 0.29) is 12.1 Å². The number of nitrogens with one attached hydrogen (secondary N) is 1. The zero-order chi connectivity index (χ0) is 18.4. The van der Waals surface area contributed by atoms with E-state index in [4.69, 9.17) is 4.74 Å². The monoisotopic (exact) mass is 345 g/mol. The van der Waals surface area contributed by atoms with E-state index < -0.39 is 0 Å². The fraction of sp³-hybridized carbons (Fsp3) is 0.444. The Labute approximate surface area is 149 Å². The molecule has 0 aliphatic carbocycles. The number of nitrogens with zero attached hydrogens (tertiary/aromatic N) is 4. The fourth-order valence-electron chi connectivity index (χ4n) is 2.67. The standard InChI is InChI=1S/C18H27N5O2/c1-21(2)17(15-7-6-8-16(9-15)25-5)11-19-18(24)22(3)12-14-10-20-23(4)13-14/h6-10,13,17H,11-12H2,1-5H3,(H,19,24). The van der Waals surface area contributed by atoms with Crippen LogP contribution in [0.15, 0.2) is 36.7 Å². The number of hydrogen-bond donors (Lipinski definition) is 1. The van der Waals surface area contributed by atoms with Crippen LogP contribution in [-0.4, -0.2) is 60.4 Å². The van der Waals surface area contributed by atoms with Gasteiger partial charge in [0.05, 0.1) is 25.9 Å². The molecule has 0 spiro atoms. The van der Waals surface area contributed by atoms with Gasteiger partial charge in [-0.05, 0) is 31.8 Å². The first kappa shape index (κ1) is 18.8. The lowest BCUT2D eigenvalue weighted by Crippen LogP contribution is -2.41. The fourth-order valence-corrected chi connectivity index (χ4v) is 2.67. The molecule has 1 aromatic carbocycles. The highest BCUT2D eigenvalue weighted by molar-refractivity contribution is 5.73. The molecule has 1 aromatic heterocycles. The number of benzene rings is 1. The van der Waals surface area contributed by atoms with Crippen molar-refractivity contribution in [3.8, 4) is 5.75 Å². The lowest BCUT2D eigenvalue weighted by molar-refractivity contribution is 0.200. The third-order valence-corrected chi connectivity index (χ3v) is 4.07. The quantitative estimate of drug-likeness (QED) is 0.832. The number of amides is 2. The van der Waals surface area contributed by atoms with Crippen LogP contribution < -0.4 is 10.1 Å². The van der Waals surface area contributed by atoms with Crippen LogP contribution in [0.1, 0.15) is 17.2 Å². The van der Waals surface area contributed by atoms with Crippen molar-refractivity contribution < 1.29 is 9.53 Å². The molecular weight excluding hydrogens is 318 g/mol. The molecule has 0 saturated carbocycles. The highest BCUT2D eigenvalue weighted by Gasteiger charge is 2.17. The summed E-state index contributed by atoms with van der Waals surface area (Å²) in [5, 5.41) is 7.13. The van der Waals surface area contributed by atoms with Crippen LogP contribution in [0.3, 0.4) is 0 Å². The van der Waals surface area contributed by atoms with Crippen molar-refractivity contribution in [2.24, 2.45) is 7.05 Å². The molecule has 1 unspecified atom stereocenters. The zero-order valence-corrected chi connectivity index (χ0v) is 15.6. The van der Waals surface area contributed by atoms with Crippen LogP contribution in [0.25, 0.3) is 0 Å². The van der Waals surface area contributed by atoms with Gasteiger partial charge in [0.2, 0.25) is 0 Å². The smallest absolute Gasteiger partial charge is 0.317 e. The molecule has 7 heteroatoms. The van der Waals surface area contributed by atoms with Gasteiger partial charge in [0, 0.05) is 32.4 Å². The Hall–Kier alpha value is -2.54. The first-order chi connectivity index (χ1) is 11.9. The third kappa shape index (κ3) is 5.22. The second kappa shape index (κ2) is 8.53. The van der Waals surface area contributed by atoms with Gasteiger partial charge in [0.15, 0.2) is 0 Å². The van der Waals surface area contributed by atoms with Crippen molar-refractivity contribution in [3.05, 3.63) is 47.8 Å². The van der Waals surface area contributed by atoms with Gasteiger partial charge in [0.25, 0.3) is 0 Å². The number of methoxy groups -OCH3 is 1. The van der Waals surface area contributed by atoms with Gasteiger partial charge in [-0.3, -0.25) is 4.68 Å². The van der Waals surface area contributed by atoms with E-state index in [1.54, 1.807) is 29.9 Å². The number of rotatable bonds is 7. The Bertz CT molecular complexity index is 698. The molecule has 7 nitrogen and oxygen atoms in total. The Kier molecular flexibility index (Phi) is 6.41. The lowest BCUT2D eigenvalue weighted by Gasteiger charge is -2.26. The summed E-state index contributed by atoms with van der Waals surface area (Å²) in [5.74, 6) is 0.810. The highest BCUT2D eigenvalue weighted by Crippen LogP contribution is 2.22. The van der Waals surface area contributed by atoms with E-state index in [1.807, 2.05) is 51.6 Å². The van der Waals surface area contributed by atoms with Crippen molar-refractivity contribution in [1.29, 1.82) is 0 Å². The van der Waals surface area contributed by atoms with Crippen LogP contribution in [0.5, 0.6) is 5.75 Å². The summed E-state index contributed by atoms with van der Waals surface area (Å²) in [7, 11) is 9.28. The minimum Gasteiger partial charge on any atom is -0.497 e. The first-order valence-electron chi connectivity index (χ1n) is 8.17. The second-order valence-electron chi connectivity index (χ2n) is 6.32. The van der Waals surface area contributed by atoms with E-state index >= 15 is 0 Å². The van der Waals surface area contributed by atoms with E-state index in [9.17, 15) is 4.79 Å². The molecule has 136 valence electrons. The van der Waals surface area contributed by atoms with Crippen LogP contribution in [0, 0.1) is 0 Å². The maximum Gasteiger partial charge on any atom is 0.317 e. The number of likely N-dealkylation sites (N-methyl/N-ethyl adjacent to an activating group) is 1. The predicted octanol–water partition coefficient (Wildman–Crippen LogP) is 1.87. The van der Waals surface area contributed by atoms with Gasteiger partial charge in [-0.1, -0.05) is 12.1 Å². The van der Waals surface area contributed by atoms with Gasteiger partial charge in [-0.2, -0.15) is 5.10 Å². The largest absolute Gasteiger partial charge is 0.497 e. The molecule has 0 aliphatic heterocycles. The molecule has 0 bridgehead atoms. The van der Waals surface area contributed by atoms with Gasteiger partial charge in [-0.15, -0.1) is 0 Å². The minimum absolute atomic E-state index is 0.0610. The van der Waals surface area contributed by atoms with Crippen molar-refractivity contribution in [3.63, 3.8) is 0 Å². The van der Waals surface area contributed by atoms with Crippen molar-refractivity contribution in [1.82, 2.24) is 24.9 Å². The molecule has 1 N–H and O–H groups in total. The van der Waals surface area contributed by atoms with Crippen molar-refractivity contribution in [2.45, 2.75) is 12.6 Å². The molecular formula is C18H27N5O2. The first-order valence-corrected chi connectivity index (χ1v) is 8.17. The number of ether oxygens (including phenoxy) is 1. The number of carbonyl (C=O) groups is 1. The average molecular weight is 345 g/mol. The Morgan fingerprint density at radius 3 is 2.72 bits per heavy atom. The number of carbonyl (C=O) groups excluding carboxylic acids is 1. The minimum atomic E-state index is -0.112. The topological polar surface area (TPSA) is 62.6 Å². The summed E-state index contributed by atoms with van der Waals surface area (Å²) >= 11 is 0. The van der Waals surface area contributed by atoms with Crippen molar-refractivity contribution >= 4 is 6.03 Å². The number of aromatic nitrogens is 2. The third-order valence-electron chi connectivity index (χ3n) is 4.07. The average Bonchev–Trinajstić information content (AvgIpc) is 2.99. The highest BCUT2D eigenvalue weighted by atomic mass is 16.5. The molecule has 2 rings (SSSR count). The number of aryl methyl sites for hydroxylation is 1. The van der Waals surface area contributed by atoms with Gasteiger partial charge < -0.3 is 19.9 Å². The molecule has 0 fully saturated rings. The van der Waals surface area contributed by atoms with Crippen LogP contribution in [0.4, 0.5) is 4.79 Å². The number of hydrogen-bond acceptors (Lipinski definition) is 4. The maximum atomic E-state index is 12.4. The summed E-state index contributed by atoms with van der Waals surface area (Å²) in [6.07, 6.45) is 3.67. The van der Waals surface area contributed by atoms with E-state index in [0.29, 0.717) is 13.1 Å². The molecule has 0 radical (unpaired) electrons. The normalized spacial score (nSPS) is 12.1. The SMILES string of the molecule is COc1cccc(C(CNC(=O)N(C)Cc2cnn(C)c2)N(C)C)c1. The Morgan fingerprint density at radius 1 is 1.36 bits per heavy atom. The predicted molar refractivity (Wildman–Crippen MR) is 97.5 cm³/mol. The molecule has 1 atom stereocenters. The van der Waals surface area contributed by atoms with Crippen LogP contribution >= 0.6 is 0 Å². The van der Waals surface area contributed by atoms with E-state index in [1.165, 1.54) is 0 Å². The van der Waals surface area contributed by atoms with Crippen molar-refractivity contribution in [2.75, 3.05) is 34.8 Å². The lowest BCUT2D eigenvalue weighted by atomic mass is 10.1. The molecule has 0 aliphatic rings. The summed E-state index contributed by atoms with van der Waals surface area (Å²) in [4.78, 5) is 16.1.